The van der Waals surface area contributed by atoms with Crippen molar-refractivity contribution in [3.8, 4) is 5.75 Å². The van der Waals surface area contributed by atoms with Gasteiger partial charge in [0.1, 0.15) is 0 Å². The standard InChI is InChI=1S/C23H22O3SSe/c1-15-14-20(27-18-12-10-17(25-3)11-13-18)21(23(24)26-4)16(2)22(15)28-19-8-6-5-7-9-19/h5-14H,1-4H3. The van der Waals surface area contributed by atoms with Gasteiger partial charge in [-0.25, -0.2) is 0 Å². The number of hydrogen-bond donors (Lipinski definition) is 0. The van der Waals surface area contributed by atoms with E-state index in [1.54, 1.807) is 18.9 Å². The molecule has 0 aliphatic carbocycles. The van der Waals surface area contributed by atoms with Crippen molar-refractivity contribution in [2.45, 2.75) is 23.6 Å². The Morgan fingerprint density at radius 1 is 0.964 bits per heavy atom. The summed E-state index contributed by atoms with van der Waals surface area (Å²) in [5.74, 6) is 0.518. The van der Waals surface area contributed by atoms with Crippen LogP contribution in [-0.4, -0.2) is 35.1 Å². The fourth-order valence-electron chi connectivity index (χ4n) is 2.90. The third kappa shape index (κ3) is 4.61. The number of hydrogen-bond acceptors (Lipinski definition) is 4. The average Bonchev–Trinajstić information content (AvgIpc) is 2.72. The van der Waals surface area contributed by atoms with Crippen molar-refractivity contribution < 1.29 is 14.3 Å². The molecule has 3 aromatic carbocycles. The van der Waals surface area contributed by atoms with Crippen LogP contribution in [0.4, 0.5) is 0 Å². The SMILES string of the molecule is COC(=O)c1c(Sc2ccc(OC)cc2)cc(C)c([Se]c2ccccc2)c1C. The minimum atomic E-state index is -0.293. The molecule has 3 rings (SSSR count). The van der Waals surface area contributed by atoms with Crippen molar-refractivity contribution in [2.24, 2.45) is 0 Å². The van der Waals surface area contributed by atoms with E-state index in [9.17, 15) is 4.79 Å². The number of benzene rings is 3. The van der Waals surface area contributed by atoms with Crippen molar-refractivity contribution in [3.63, 3.8) is 0 Å². The zero-order chi connectivity index (χ0) is 20.1. The predicted molar refractivity (Wildman–Crippen MR) is 116 cm³/mol. The fraction of sp³-hybridized carbons (Fsp3) is 0.174. The molecule has 0 amide bonds. The Kier molecular flexibility index (Phi) is 6.84. The second kappa shape index (κ2) is 9.33. The summed E-state index contributed by atoms with van der Waals surface area (Å²) in [5, 5.41) is 0. The van der Waals surface area contributed by atoms with Crippen LogP contribution in [0.2, 0.25) is 0 Å². The third-order valence-corrected chi connectivity index (χ3v) is 8.17. The molecule has 0 atom stereocenters. The van der Waals surface area contributed by atoms with Gasteiger partial charge in [-0.05, 0) is 0 Å². The summed E-state index contributed by atoms with van der Waals surface area (Å²) in [7, 11) is 3.09. The summed E-state index contributed by atoms with van der Waals surface area (Å²) >= 11 is 1.70. The van der Waals surface area contributed by atoms with Crippen LogP contribution in [0.5, 0.6) is 5.75 Å². The van der Waals surface area contributed by atoms with Crippen molar-refractivity contribution in [1.29, 1.82) is 0 Å². The first-order chi connectivity index (χ1) is 13.5. The second-order valence-corrected chi connectivity index (χ2v) is 9.59. The molecular formula is C23H22O3SSe. The Morgan fingerprint density at radius 2 is 1.64 bits per heavy atom. The number of aryl methyl sites for hydroxylation is 1. The van der Waals surface area contributed by atoms with Crippen LogP contribution in [0.15, 0.2) is 70.5 Å². The number of methoxy groups -OCH3 is 2. The fourth-order valence-corrected chi connectivity index (χ4v) is 6.11. The van der Waals surface area contributed by atoms with E-state index in [1.807, 2.05) is 37.3 Å². The van der Waals surface area contributed by atoms with Gasteiger partial charge in [-0.1, -0.05) is 0 Å². The van der Waals surface area contributed by atoms with Gasteiger partial charge in [0, 0.05) is 0 Å². The Bertz CT molecular complexity index is 969. The molecule has 144 valence electrons. The van der Waals surface area contributed by atoms with Crippen molar-refractivity contribution in [2.75, 3.05) is 14.2 Å². The first kappa shape index (κ1) is 20.5. The van der Waals surface area contributed by atoms with E-state index in [-0.39, 0.29) is 20.9 Å². The zero-order valence-corrected chi connectivity index (χ0v) is 18.8. The molecule has 0 saturated carbocycles. The molecule has 5 heteroatoms. The van der Waals surface area contributed by atoms with Crippen LogP contribution in [0, 0.1) is 13.8 Å². The first-order valence-corrected chi connectivity index (χ1v) is 11.3. The summed E-state index contributed by atoms with van der Waals surface area (Å²) in [6.07, 6.45) is 0. The number of esters is 1. The Labute approximate surface area is 176 Å². The molecule has 0 saturated heterocycles. The van der Waals surface area contributed by atoms with E-state index in [0.29, 0.717) is 5.56 Å². The average molecular weight is 457 g/mol. The van der Waals surface area contributed by atoms with E-state index in [1.165, 1.54) is 21.6 Å². The van der Waals surface area contributed by atoms with Crippen molar-refractivity contribution >= 4 is 41.6 Å². The van der Waals surface area contributed by atoms with Gasteiger partial charge in [-0.15, -0.1) is 0 Å². The van der Waals surface area contributed by atoms with Gasteiger partial charge in [0.15, 0.2) is 0 Å². The summed E-state index contributed by atoms with van der Waals surface area (Å²) < 4.78 is 12.9. The molecule has 0 N–H and O–H groups in total. The Hall–Kier alpha value is -2.20. The first-order valence-electron chi connectivity index (χ1n) is 8.80. The van der Waals surface area contributed by atoms with Crippen LogP contribution in [0.3, 0.4) is 0 Å². The summed E-state index contributed by atoms with van der Waals surface area (Å²) in [6.45, 7) is 4.14. The maximum atomic E-state index is 12.6. The predicted octanol–water partition coefficient (Wildman–Crippen LogP) is 3.90. The molecule has 0 fully saturated rings. The van der Waals surface area contributed by atoms with E-state index < -0.39 is 0 Å². The topological polar surface area (TPSA) is 35.5 Å². The molecule has 0 radical (unpaired) electrons. The molecular weight excluding hydrogens is 435 g/mol. The molecule has 28 heavy (non-hydrogen) atoms. The van der Waals surface area contributed by atoms with E-state index in [4.69, 9.17) is 9.47 Å². The van der Waals surface area contributed by atoms with E-state index in [2.05, 4.69) is 37.3 Å². The Balaban J connectivity index is 2.03. The van der Waals surface area contributed by atoms with Gasteiger partial charge >= 0.3 is 177 Å². The van der Waals surface area contributed by atoms with Gasteiger partial charge in [0.2, 0.25) is 0 Å². The van der Waals surface area contributed by atoms with Gasteiger partial charge in [0.05, 0.1) is 0 Å². The summed E-state index contributed by atoms with van der Waals surface area (Å²) in [4.78, 5) is 14.6. The van der Waals surface area contributed by atoms with Crippen LogP contribution < -0.4 is 13.7 Å². The number of carbonyl (C=O) groups is 1. The minimum absolute atomic E-state index is 0.126. The summed E-state index contributed by atoms with van der Waals surface area (Å²) in [6, 6.07) is 20.3. The van der Waals surface area contributed by atoms with Crippen molar-refractivity contribution in [3.05, 3.63) is 77.4 Å². The van der Waals surface area contributed by atoms with Crippen LogP contribution in [0.25, 0.3) is 0 Å². The number of rotatable bonds is 6. The normalized spacial score (nSPS) is 10.6. The van der Waals surface area contributed by atoms with Crippen LogP contribution >= 0.6 is 11.8 Å². The molecule has 3 aromatic rings. The Morgan fingerprint density at radius 3 is 2.25 bits per heavy atom. The monoisotopic (exact) mass is 458 g/mol. The summed E-state index contributed by atoms with van der Waals surface area (Å²) in [5.41, 5.74) is 2.86. The van der Waals surface area contributed by atoms with Gasteiger partial charge in [-0.3, -0.25) is 0 Å². The number of carbonyl (C=O) groups excluding carboxylic acids is 1. The van der Waals surface area contributed by atoms with Gasteiger partial charge in [0.25, 0.3) is 0 Å². The molecule has 3 nitrogen and oxygen atoms in total. The molecule has 0 aromatic heterocycles. The van der Waals surface area contributed by atoms with Crippen LogP contribution in [-0.2, 0) is 4.74 Å². The van der Waals surface area contributed by atoms with E-state index >= 15 is 0 Å². The van der Waals surface area contributed by atoms with Crippen molar-refractivity contribution in [1.82, 2.24) is 0 Å². The maximum absolute atomic E-state index is 12.6. The zero-order valence-electron chi connectivity index (χ0n) is 16.3. The molecule has 0 aliphatic heterocycles. The second-order valence-electron chi connectivity index (χ2n) is 6.21. The molecule has 0 heterocycles. The van der Waals surface area contributed by atoms with Crippen LogP contribution in [0.1, 0.15) is 21.5 Å². The number of ether oxygens (including phenoxy) is 2. The van der Waals surface area contributed by atoms with Gasteiger partial charge < -0.3 is 0 Å². The van der Waals surface area contributed by atoms with Gasteiger partial charge in [-0.2, -0.15) is 0 Å². The molecule has 0 unspecified atom stereocenters. The molecule has 0 aliphatic rings. The quantitative estimate of drug-likeness (QED) is 0.416. The molecule has 0 bridgehead atoms. The van der Waals surface area contributed by atoms with E-state index in [0.717, 1.165) is 21.1 Å². The molecule has 0 spiro atoms. The third-order valence-electron chi connectivity index (χ3n) is 4.31.